The van der Waals surface area contributed by atoms with Crippen molar-refractivity contribution in [1.29, 1.82) is 0 Å². The van der Waals surface area contributed by atoms with Gasteiger partial charge in [0.25, 0.3) is 0 Å². The van der Waals surface area contributed by atoms with Crippen molar-refractivity contribution in [1.82, 2.24) is 0 Å². The van der Waals surface area contributed by atoms with Crippen LogP contribution in [0.15, 0.2) is 0 Å². The molecular weight excluding hydrogens is 387 g/mol. The first kappa shape index (κ1) is 11.9. The van der Waals surface area contributed by atoms with Crippen LogP contribution in [-0.2, 0) is 20.7 Å². The summed E-state index contributed by atoms with van der Waals surface area (Å²) >= 11 is 0. The van der Waals surface area contributed by atoms with E-state index in [1.807, 2.05) is 0 Å². The Balaban J connectivity index is 1.14. The third-order valence-electron chi connectivity index (χ3n) is 19.0. The molecule has 1 radical (unpaired) electrons. The molecule has 14 rings (SSSR count). The van der Waals surface area contributed by atoms with E-state index in [9.17, 15) is 0 Å². The third kappa shape index (κ3) is 0.206. The molecule has 14 saturated heterocycles. The first-order valence-electron chi connectivity index (χ1n) is 11.0. The normalized spacial score (nSPS) is 114. The fraction of sp³-hybridized carbons (Fsp3) is 1.00. The van der Waals surface area contributed by atoms with E-state index in [2.05, 4.69) is 27.7 Å². The Hall–Kier alpha value is 0.829. The summed E-state index contributed by atoms with van der Waals surface area (Å²) < 4.78 is 20.9. The standard InChI is InChI=1S/C16H21O3P.C5H5.Fe/c1-11(12-7-5-6-8-12)16-10-14(3)17-13(2,19-16)9-15(4,18-14)20-16;1-2-4-5-3-1;/h5-8,11H,9-10H2,1-4H3;1-5H;. The van der Waals surface area contributed by atoms with E-state index in [4.69, 9.17) is 14.2 Å². The van der Waals surface area contributed by atoms with Gasteiger partial charge in [0.15, 0.2) is 0 Å². The van der Waals surface area contributed by atoms with E-state index in [-0.39, 0.29) is 10.7 Å². The quantitative estimate of drug-likeness (QED) is 0.408. The second-order valence-corrected chi connectivity index (χ2v) is 41.0. The van der Waals surface area contributed by atoms with E-state index in [1.54, 1.807) is 0 Å². The van der Waals surface area contributed by atoms with Crippen molar-refractivity contribution >= 4 is 8.58 Å². The predicted octanol–water partition coefficient (Wildman–Crippen LogP) is 6.04. The molecule has 141 valence electrons. The molecule has 14 fully saturated rings. The van der Waals surface area contributed by atoms with Crippen LogP contribution in [0.25, 0.3) is 0 Å². The molecule has 0 aliphatic carbocycles. The van der Waals surface area contributed by atoms with E-state index < -0.39 is 18.1 Å². The average molecular weight is 413 g/mol. The summed E-state index contributed by atoms with van der Waals surface area (Å²) in [6.07, 6.45) is 1.87. The number of fused-ring (bicyclic) bond motifs is 10. The summed E-state index contributed by atoms with van der Waals surface area (Å²) in [7, 11) is 1.45. The van der Waals surface area contributed by atoms with E-state index in [1.165, 1.54) is 51.9 Å². The van der Waals surface area contributed by atoms with Gasteiger partial charge in [0.1, 0.15) is 0 Å². The molecule has 14 aliphatic rings. The Morgan fingerprint density at radius 2 is 1.38 bits per heavy atom. The SMILES string of the molecule is CC(C12CC3(C)OC(C)(CC(C)(O3)[P]1)O2)[C]12[CH]3[CH]4[CH]5[CH]1[Fe]45321678[CH]2[CH]1[CH]6[CH]7[CH]28. The fourth-order valence-corrected chi connectivity index (χ4v) is 99.8. The molecule has 0 aromatic rings. The molecule has 0 saturated carbocycles. The zero-order valence-electron chi connectivity index (χ0n) is 15.7. The molecule has 9 unspecified atom stereocenters. The Labute approximate surface area is 145 Å². The zero-order valence-corrected chi connectivity index (χ0v) is 17.7. The van der Waals surface area contributed by atoms with Gasteiger partial charge < -0.3 is 0 Å². The van der Waals surface area contributed by atoms with Gasteiger partial charge in [-0.05, 0) is 0 Å². The average Bonchev–Trinajstić information content (AvgIpc) is 3.42. The van der Waals surface area contributed by atoms with Crippen LogP contribution >= 0.6 is 8.58 Å². The maximum atomic E-state index is 7.04. The number of hydrogen-bond donors (Lipinski definition) is 0. The Morgan fingerprint density at radius 3 is 1.81 bits per heavy atom. The summed E-state index contributed by atoms with van der Waals surface area (Å²) in [6.45, 7) is 6.34. The van der Waals surface area contributed by atoms with Gasteiger partial charge in [-0.1, -0.05) is 0 Å². The third-order valence-corrected chi connectivity index (χ3v) is 63.6. The van der Waals surface area contributed by atoms with Gasteiger partial charge in [0.2, 0.25) is 0 Å². The van der Waals surface area contributed by atoms with E-state index in [0.717, 1.165) is 23.1 Å². The Morgan fingerprint density at radius 1 is 0.808 bits per heavy atom. The summed E-state index contributed by atoms with van der Waals surface area (Å²) in [5, 5.41) is -0.0501. The van der Waals surface area contributed by atoms with Gasteiger partial charge >= 0.3 is 146 Å². The Kier molecular flexibility index (Phi) is 0.581. The van der Waals surface area contributed by atoms with Crippen molar-refractivity contribution in [3.05, 3.63) is 0 Å². The molecule has 14 heterocycles. The van der Waals surface area contributed by atoms with Crippen molar-refractivity contribution in [3.8, 4) is 0 Å². The Bertz CT molecular complexity index is 1240. The van der Waals surface area contributed by atoms with Crippen molar-refractivity contribution in [3.63, 3.8) is 0 Å². The summed E-state index contributed by atoms with van der Waals surface area (Å²) in [5.41, 5.74) is 0. The minimum atomic E-state index is -3.11. The van der Waals surface area contributed by atoms with Crippen LogP contribution in [0.4, 0.5) is 0 Å². The van der Waals surface area contributed by atoms with Gasteiger partial charge in [0.05, 0.1) is 0 Å². The second kappa shape index (κ2) is 1.27. The van der Waals surface area contributed by atoms with Crippen LogP contribution in [0.1, 0.15) is 40.5 Å². The summed E-state index contributed by atoms with van der Waals surface area (Å²) in [5.74, 6) is -0.0572. The first-order valence-corrected chi connectivity index (χ1v) is 18.2. The van der Waals surface area contributed by atoms with Crippen molar-refractivity contribution in [2.75, 3.05) is 0 Å². The van der Waals surface area contributed by atoms with Crippen LogP contribution < -0.4 is 0 Å². The van der Waals surface area contributed by atoms with Gasteiger partial charge in [-0.3, -0.25) is 0 Å². The molecule has 14 aliphatic heterocycles. The molecule has 5 heteroatoms. The summed E-state index contributed by atoms with van der Waals surface area (Å²) in [4.78, 5) is 12.6. The molecule has 0 amide bonds. The monoisotopic (exact) mass is 413 g/mol. The van der Waals surface area contributed by atoms with Crippen molar-refractivity contribution in [2.24, 2.45) is 5.92 Å². The molecule has 3 nitrogen and oxygen atoms in total. The fourth-order valence-electron chi connectivity index (χ4n) is 21.4. The molecule has 0 aromatic heterocycles. The topological polar surface area (TPSA) is 27.7 Å². The molecule has 26 heavy (non-hydrogen) atoms. The van der Waals surface area contributed by atoms with Crippen molar-refractivity contribution < 1.29 is 20.7 Å². The second-order valence-electron chi connectivity index (χ2n) is 15.5. The molecule has 0 aromatic carbocycles. The molecule has 4 bridgehead atoms. The van der Waals surface area contributed by atoms with Crippen LogP contribution in [-0.4, -0.2) is 22.3 Å². The first-order chi connectivity index (χ1) is 11.9. The predicted molar refractivity (Wildman–Crippen MR) is 93.0 cm³/mol. The molecule has 1 spiro atoms. The molecule has 0 N–H and O–H groups in total. The van der Waals surface area contributed by atoms with E-state index in [0.29, 0.717) is 0 Å². The van der Waals surface area contributed by atoms with Gasteiger partial charge in [0, 0.05) is 0 Å². The van der Waals surface area contributed by atoms with Crippen LogP contribution in [0.2, 0.25) is 47.7 Å². The number of ether oxygens (including phenoxy) is 3. The van der Waals surface area contributed by atoms with Crippen molar-refractivity contribution in [2.45, 2.75) is 110 Å². The summed E-state index contributed by atoms with van der Waals surface area (Å²) in [6, 6.07) is 0. The zero-order chi connectivity index (χ0) is 16.8. The maximum absolute atomic E-state index is 7.04. The molecule has 9 atom stereocenters. The number of hydrogen-bond acceptors (Lipinski definition) is 3. The van der Waals surface area contributed by atoms with Gasteiger partial charge in [-0.2, -0.15) is 0 Å². The van der Waals surface area contributed by atoms with Gasteiger partial charge in [-0.25, -0.2) is 0 Å². The van der Waals surface area contributed by atoms with Crippen LogP contribution in [0.3, 0.4) is 0 Å². The van der Waals surface area contributed by atoms with E-state index >= 15 is 0 Å². The minimum absolute atomic E-state index is 0.0187. The molecular formula is C21H26FeO3P. The van der Waals surface area contributed by atoms with Crippen LogP contribution in [0.5, 0.6) is 0 Å². The number of rotatable bonds is 2. The van der Waals surface area contributed by atoms with Gasteiger partial charge in [-0.15, -0.1) is 0 Å². The van der Waals surface area contributed by atoms with Crippen LogP contribution in [0, 0.1) is 5.92 Å².